The number of aliphatic imine (C=N–C) groups is 1. The van der Waals surface area contributed by atoms with E-state index in [1.165, 1.54) is 23.5 Å². The third-order valence-electron chi connectivity index (χ3n) is 6.71. The van der Waals surface area contributed by atoms with Crippen molar-refractivity contribution in [3.8, 4) is 0 Å². The number of rotatable bonds is 21. The molecule has 238 valence electrons. The second-order valence-electron chi connectivity index (χ2n) is 10.3. The van der Waals surface area contributed by atoms with Crippen molar-refractivity contribution in [2.45, 2.75) is 43.8 Å². The zero-order chi connectivity index (χ0) is 31.6. The predicted octanol–water partition coefficient (Wildman–Crippen LogP) is 4.78. The lowest BCUT2D eigenvalue weighted by Crippen LogP contribution is -2.29. The quantitative estimate of drug-likeness (QED) is 0.0418. The number of thiazole rings is 1. The Labute approximate surface area is 266 Å². The van der Waals surface area contributed by atoms with Gasteiger partial charge in [-0.25, -0.2) is 9.37 Å². The monoisotopic (exact) mass is 643 g/mol. The molecule has 0 fully saturated rings. The van der Waals surface area contributed by atoms with E-state index < -0.39 is 4.92 Å². The molecule has 1 atom stereocenters. The van der Waals surface area contributed by atoms with Gasteiger partial charge in [-0.3, -0.25) is 15.1 Å². The Hall–Kier alpha value is -3.75. The smallest absolute Gasteiger partial charge is 0.274 e. The number of benzene rings is 1. The number of nitrogens with two attached hydrogens (primary N) is 2. The molecular weight excluding hydrogens is 602 g/mol. The van der Waals surface area contributed by atoms with Gasteiger partial charge in [-0.2, -0.15) is 16.8 Å². The number of hydrogen-bond donors (Lipinski definition) is 4. The van der Waals surface area contributed by atoms with E-state index in [-0.39, 0.29) is 17.7 Å². The van der Waals surface area contributed by atoms with Gasteiger partial charge in [0.05, 0.1) is 10.6 Å². The Kier molecular flexibility index (Phi) is 15.4. The minimum Gasteiger partial charge on any atom is -0.370 e. The van der Waals surface area contributed by atoms with Crippen LogP contribution in [0, 0.1) is 15.9 Å². The first-order chi connectivity index (χ1) is 21.3. The van der Waals surface area contributed by atoms with Crippen molar-refractivity contribution in [1.29, 1.82) is 0 Å². The van der Waals surface area contributed by atoms with Crippen LogP contribution < -0.4 is 22.1 Å². The maximum atomic E-state index is 13.5. The Bertz CT molecular complexity index is 1320. The maximum absolute atomic E-state index is 13.5. The molecule has 2 heterocycles. The van der Waals surface area contributed by atoms with Gasteiger partial charge in [-0.05, 0) is 69.2 Å². The maximum Gasteiger partial charge on any atom is 0.274 e. The van der Waals surface area contributed by atoms with Gasteiger partial charge in [0.2, 0.25) is 5.13 Å². The number of hydrogen-bond acceptors (Lipinski definition) is 10. The zero-order valence-electron chi connectivity index (χ0n) is 25.0. The third kappa shape index (κ3) is 13.7. The van der Waals surface area contributed by atoms with Crippen LogP contribution in [0.3, 0.4) is 0 Å². The summed E-state index contributed by atoms with van der Waals surface area (Å²) < 4.78 is 13.5. The Balaban J connectivity index is 1.28. The number of guanidine groups is 1. The van der Waals surface area contributed by atoms with Crippen LogP contribution in [-0.2, 0) is 5.75 Å². The van der Waals surface area contributed by atoms with Crippen molar-refractivity contribution >= 4 is 34.2 Å². The van der Waals surface area contributed by atoms with E-state index in [0.29, 0.717) is 29.8 Å². The largest absolute Gasteiger partial charge is 0.370 e. The molecule has 0 radical (unpaired) electrons. The normalized spacial score (nSPS) is 12.2. The molecule has 1 unspecified atom stereocenters. The molecule has 44 heavy (non-hydrogen) atoms. The van der Waals surface area contributed by atoms with E-state index in [9.17, 15) is 14.5 Å². The number of aromatic nitrogens is 2. The summed E-state index contributed by atoms with van der Waals surface area (Å²) >= 11 is 3.04. The lowest BCUT2D eigenvalue weighted by Gasteiger charge is -2.22. The molecule has 0 amide bonds. The number of nitrogens with zero attached hydrogens (tertiary/aromatic N) is 5. The first-order valence-electron chi connectivity index (χ1n) is 14.6. The van der Waals surface area contributed by atoms with Gasteiger partial charge < -0.3 is 27.0 Å². The highest BCUT2D eigenvalue weighted by molar-refractivity contribution is 7.98. The SMILES string of the molecule is CN(CCCCCCN/C(=C\[N+](=O)[O-])NCCSCc1csc(N=C(N)N)n1)CCC(c1ccc(F)cc1)c1ccccn1. The fourth-order valence-electron chi connectivity index (χ4n) is 4.53. The van der Waals surface area contributed by atoms with Crippen LogP contribution in [0.4, 0.5) is 9.52 Å². The average molecular weight is 644 g/mol. The molecule has 0 saturated heterocycles. The second-order valence-corrected chi connectivity index (χ2v) is 12.2. The van der Waals surface area contributed by atoms with Gasteiger partial charge in [-0.1, -0.05) is 31.0 Å². The lowest BCUT2D eigenvalue weighted by atomic mass is 9.91. The van der Waals surface area contributed by atoms with Crippen molar-refractivity contribution in [3.63, 3.8) is 0 Å². The minimum absolute atomic E-state index is 0.0187. The number of nitro groups is 1. The van der Waals surface area contributed by atoms with Crippen LogP contribution in [0.2, 0.25) is 0 Å². The molecule has 11 nitrogen and oxygen atoms in total. The molecule has 3 aromatic rings. The van der Waals surface area contributed by atoms with Gasteiger partial charge >= 0.3 is 0 Å². The van der Waals surface area contributed by atoms with E-state index in [0.717, 1.165) is 74.1 Å². The van der Waals surface area contributed by atoms with E-state index in [2.05, 4.69) is 37.5 Å². The Morgan fingerprint density at radius 3 is 2.64 bits per heavy atom. The minimum atomic E-state index is -0.451. The summed E-state index contributed by atoms with van der Waals surface area (Å²) in [5, 5.41) is 19.8. The van der Waals surface area contributed by atoms with E-state index in [4.69, 9.17) is 11.5 Å². The zero-order valence-corrected chi connectivity index (χ0v) is 26.7. The number of nitrogens with one attached hydrogen (secondary N) is 2. The van der Waals surface area contributed by atoms with Crippen LogP contribution >= 0.6 is 23.1 Å². The highest BCUT2D eigenvalue weighted by Gasteiger charge is 2.16. The fourth-order valence-corrected chi connectivity index (χ4v) is 6.08. The Morgan fingerprint density at radius 1 is 1.14 bits per heavy atom. The van der Waals surface area contributed by atoms with Gasteiger partial charge in [0, 0.05) is 47.8 Å². The van der Waals surface area contributed by atoms with E-state index in [1.807, 2.05) is 35.7 Å². The standard InChI is InChI=1S/C30H42FN9O2S2/c1-39(18-13-26(27-8-4-6-14-34-27)23-9-11-24(31)12-10-23)17-7-3-2-5-15-35-28(20-40(41)42)36-16-19-43-21-25-22-44-30(37-25)38-29(32)33/h4,6,8-12,14,20,22,26,35-36H,2-3,5,7,13,15-19,21H2,1H3,(H4,32,33,37,38)/b28-20+. The van der Waals surface area contributed by atoms with E-state index in [1.54, 1.807) is 18.0 Å². The second kappa shape index (κ2) is 19.5. The molecule has 14 heteroatoms. The molecule has 0 bridgehead atoms. The molecule has 0 saturated carbocycles. The molecular formula is C30H42FN9O2S2. The molecule has 6 N–H and O–H groups in total. The van der Waals surface area contributed by atoms with Crippen LogP contribution in [0.15, 0.2) is 71.1 Å². The highest BCUT2D eigenvalue weighted by atomic mass is 32.2. The number of pyridine rings is 1. The molecule has 1 aromatic carbocycles. The summed E-state index contributed by atoms with van der Waals surface area (Å²) in [5.41, 5.74) is 13.7. The van der Waals surface area contributed by atoms with Gasteiger partial charge in [0.15, 0.2) is 11.8 Å². The van der Waals surface area contributed by atoms with Gasteiger partial charge in [-0.15, -0.1) is 11.3 Å². The van der Waals surface area contributed by atoms with Gasteiger partial charge in [0.25, 0.3) is 6.20 Å². The van der Waals surface area contributed by atoms with Crippen LogP contribution in [0.1, 0.15) is 55.0 Å². The summed E-state index contributed by atoms with van der Waals surface area (Å²) in [5.74, 6) is 1.74. The first-order valence-corrected chi connectivity index (χ1v) is 16.6. The van der Waals surface area contributed by atoms with Crippen molar-refractivity contribution < 1.29 is 9.31 Å². The number of halogens is 1. The molecule has 0 aliphatic carbocycles. The van der Waals surface area contributed by atoms with Crippen LogP contribution in [-0.4, -0.2) is 64.7 Å². The molecule has 2 aromatic heterocycles. The average Bonchev–Trinajstić information content (AvgIpc) is 3.43. The van der Waals surface area contributed by atoms with Crippen LogP contribution in [0.25, 0.3) is 0 Å². The summed E-state index contributed by atoms with van der Waals surface area (Å²) in [6.45, 7) is 3.12. The third-order valence-corrected chi connectivity index (χ3v) is 8.49. The first kappa shape index (κ1) is 34.7. The molecule has 0 spiro atoms. The van der Waals surface area contributed by atoms with Crippen molar-refractivity contribution in [2.75, 3.05) is 39.0 Å². The van der Waals surface area contributed by atoms with Gasteiger partial charge in [0.1, 0.15) is 5.82 Å². The summed E-state index contributed by atoms with van der Waals surface area (Å²) in [7, 11) is 2.13. The molecule has 0 aliphatic heterocycles. The van der Waals surface area contributed by atoms with E-state index >= 15 is 0 Å². The molecule has 0 aliphatic rings. The van der Waals surface area contributed by atoms with Crippen molar-refractivity contribution in [1.82, 2.24) is 25.5 Å². The topological polar surface area (TPSA) is 161 Å². The lowest BCUT2D eigenvalue weighted by molar-refractivity contribution is -0.404. The predicted molar refractivity (Wildman–Crippen MR) is 178 cm³/mol. The summed E-state index contributed by atoms with van der Waals surface area (Å²) in [6, 6.07) is 12.6. The number of unbranched alkanes of at least 4 members (excludes halogenated alkanes) is 3. The molecule has 3 rings (SSSR count). The summed E-state index contributed by atoms with van der Waals surface area (Å²) in [6.07, 6.45) is 7.77. The number of thioether (sulfide) groups is 1. The van der Waals surface area contributed by atoms with Crippen molar-refractivity contribution in [2.24, 2.45) is 16.5 Å². The summed E-state index contributed by atoms with van der Waals surface area (Å²) in [4.78, 5) is 25.8. The highest BCUT2D eigenvalue weighted by Crippen LogP contribution is 2.27. The van der Waals surface area contributed by atoms with Crippen molar-refractivity contribution in [3.05, 3.63) is 98.9 Å². The van der Waals surface area contributed by atoms with Crippen LogP contribution in [0.5, 0.6) is 0 Å². The fraction of sp³-hybridized carbons (Fsp3) is 0.433. The Morgan fingerprint density at radius 2 is 1.91 bits per heavy atom.